The van der Waals surface area contributed by atoms with E-state index in [9.17, 15) is 14.0 Å². The molecule has 37 heavy (non-hydrogen) atoms. The fraction of sp³-hybridized carbons (Fsp3) is 0.385. The molecule has 1 fully saturated rings. The zero-order valence-electron chi connectivity index (χ0n) is 20.3. The second-order valence-electron chi connectivity index (χ2n) is 8.49. The largest absolute Gasteiger partial charge is 0.481 e. The number of amidine groups is 1. The molecule has 9 nitrogen and oxygen atoms in total. The maximum atomic E-state index is 14.0. The van der Waals surface area contributed by atoms with Crippen molar-refractivity contribution in [3.05, 3.63) is 63.0 Å². The number of hydrogen-bond acceptors (Lipinski definition) is 9. The minimum absolute atomic E-state index is 0.00981. The van der Waals surface area contributed by atoms with E-state index in [1.807, 2.05) is 5.38 Å². The van der Waals surface area contributed by atoms with Gasteiger partial charge in [0.2, 0.25) is 0 Å². The van der Waals surface area contributed by atoms with Gasteiger partial charge in [0.05, 0.1) is 24.9 Å². The Hall–Kier alpha value is -3.59. The molecule has 194 valence electrons. The summed E-state index contributed by atoms with van der Waals surface area (Å²) in [7, 11) is 0. The van der Waals surface area contributed by atoms with Crippen LogP contribution in [-0.2, 0) is 19.1 Å². The normalized spacial score (nSPS) is 20.1. The fourth-order valence-electron chi connectivity index (χ4n) is 4.34. The van der Waals surface area contributed by atoms with E-state index in [0.717, 1.165) is 0 Å². The van der Waals surface area contributed by atoms with Crippen molar-refractivity contribution < 1.29 is 28.6 Å². The first-order chi connectivity index (χ1) is 17.9. The number of nitrogens with one attached hydrogen (secondary N) is 1. The highest BCUT2D eigenvalue weighted by Gasteiger charge is 2.35. The Bertz CT molecular complexity index is 1250. The molecule has 4 rings (SSSR count). The summed E-state index contributed by atoms with van der Waals surface area (Å²) in [5, 5.41) is 14.8. The quantitative estimate of drug-likeness (QED) is 0.379. The van der Waals surface area contributed by atoms with Crippen LogP contribution in [0, 0.1) is 18.2 Å². The number of benzene rings is 1. The summed E-state index contributed by atoms with van der Waals surface area (Å²) >= 11 is 1.38. The molecule has 0 unspecified atom stereocenters. The molecular weight excluding hydrogens is 499 g/mol. The van der Waals surface area contributed by atoms with E-state index < -0.39 is 23.8 Å². The molecule has 0 aliphatic carbocycles. The van der Waals surface area contributed by atoms with Gasteiger partial charge in [0, 0.05) is 48.9 Å². The predicted molar refractivity (Wildman–Crippen MR) is 136 cm³/mol. The van der Waals surface area contributed by atoms with Gasteiger partial charge in [0.25, 0.3) is 0 Å². The lowest BCUT2D eigenvalue weighted by molar-refractivity contribution is -0.139. The molecule has 2 aliphatic heterocycles. The molecule has 11 heteroatoms. The van der Waals surface area contributed by atoms with Crippen LogP contribution >= 0.6 is 11.3 Å². The fourth-order valence-corrected chi connectivity index (χ4v) is 4.93. The van der Waals surface area contributed by atoms with E-state index in [1.54, 1.807) is 13.1 Å². The molecule has 2 aromatic rings. The van der Waals surface area contributed by atoms with E-state index in [1.165, 1.54) is 29.5 Å². The number of terminal acetylenes is 1. The average molecular weight is 527 g/mol. The number of hydrogen-bond donors (Lipinski definition) is 2. The number of carboxylic acid groups (broad SMARTS) is 1. The van der Waals surface area contributed by atoms with Crippen LogP contribution < -0.4 is 5.32 Å². The molecule has 0 bridgehead atoms. The van der Waals surface area contributed by atoms with Gasteiger partial charge in [-0.05, 0) is 31.0 Å². The lowest BCUT2D eigenvalue weighted by atomic mass is 9.92. The minimum Gasteiger partial charge on any atom is -0.481 e. The van der Waals surface area contributed by atoms with E-state index in [2.05, 4.69) is 21.1 Å². The number of aliphatic carboxylic acids is 1. The average Bonchev–Trinajstić information content (AvgIpc) is 3.42. The third-order valence-electron chi connectivity index (χ3n) is 6.01. The second-order valence-corrected chi connectivity index (χ2v) is 9.39. The summed E-state index contributed by atoms with van der Waals surface area (Å²) in [4.78, 5) is 35.6. The zero-order valence-corrected chi connectivity index (χ0v) is 21.1. The van der Waals surface area contributed by atoms with Crippen molar-refractivity contribution in [1.82, 2.24) is 15.2 Å². The lowest BCUT2D eigenvalue weighted by Crippen LogP contribution is -2.46. The Morgan fingerprint density at radius 3 is 2.97 bits per heavy atom. The van der Waals surface area contributed by atoms with Gasteiger partial charge in [0.15, 0.2) is 10.8 Å². The molecule has 2 atom stereocenters. The molecule has 3 heterocycles. The SMILES string of the molecule is C#Cc1cc(F)ccc1[C@H]1N=C(c2nccs2)NC(CN2CCO[C@H](CCC(=O)O)C2)=C1C(=O)OCC. The number of rotatable bonds is 9. The van der Waals surface area contributed by atoms with Crippen LogP contribution in [-0.4, -0.2) is 71.7 Å². The van der Waals surface area contributed by atoms with Crippen molar-refractivity contribution >= 4 is 29.1 Å². The highest BCUT2D eigenvalue weighted by molar-refractivity contribution is 7.11. The lowest BCUT2D eigenvalue weighted by Gasteiger charge is -2.35. The maximum absolute atomic E-state index is 14.0. The first-order valence-corrected chi connectivity index (χ1v) is 12.7. The first-order valence-electron chi connectivity index (χ1n) is 11.9. The number of carbonyl (C=O) groups is 2. The van der Waals surface area contributed by atoms with Crippen molar-refractivity contribution in [2.45, 2.75) is 31.9 Å². The number of ether oxygens (including phenoxy) is 2. The van der Waals surface area contributed by atoms with Gasteiger partial charge in [0.1, 0.15) is 11.9 Å². The van der Waals surface area contributed by atoms with Crippen LogP contribution in [0.3, 0.4) is 0 Å². The topological polar surface area (TPSA) is 113 Å². The van der Waals surface area contributed by atoms with Crippen molar-refractivity contribution in [2.75, 3.05) is 32.8 Å². The van der Waals surface area contributed by atoms with Crippen molar-refractivity contribution in [3.8, 4) is 12.3 Å². The summed E-state index contributed by atoms with van der Waals surface area (Å²) in [5.74, 6) is 1.05. The molecule has 2 N–H and O–H groups in total. The Labute approximate surface area is 218 Å². The van der Waals surface area contributed by atoms with E-state index in [0.29, 0.717) is 54.8 Å². The Balaban J connectivity index is 1.75. The van der Waals surface area contributed by atoms with Crippen LogP contribution in [0.2, 0.25) is 0 Å². The van der Waals surface area contributed by atoms with Gasteiger partial charge in [-0.25, -0.2) is 14.2 Å². The molecule has 0 spiro atoms. The molecule has 1 saturated heterocycles. The van der Waals surface area contributed by atoms with Crippen LogP contribution in [0.15, 0.2) is 46.0 Å². The number of morpholine rings is 1. The Morgan fingerprint density at radius 2 is 2.27 bits per heavy atom. The number of thiazole rings is 1. The van der Waals surface area contributed by atoms with E-state index in [-0.39, 0.29) is 30.3 Å². The van der Waals surface area contributed by atoms with Crippen molar-refractivity contribution in [3.63, 3.8) is 0 Å². The standard InChI is InChI=1S/C26H27FN4O5S/c1-3-16-13-17(27)5-7-19(16)23-22(26(34)35-4-2)20(29-24(30-23)25-28-9-12-37-25)15-31-10-11-36-18(14-31)6-8-21(32)33/h1,5,7,9,12-13,18,23H,4,6,8,10-11,14-15H2,2H3,(H,29,30)(H,32,33)/t18-,23-/m1/s1. The van der Waals surface area contributed by atoms with Crippen molar-refractivity contribution in [1.29, 1.82) is 0 Å². The zero-order chi connectivity index (χ0) is 26.4. The number of aliphatic imine (C=N–C) groups is 1. The third-order valence-corrected chi connectivity index (χ3v) is 6.79. The van der Waals surface area contributed by atoms with Gasteiger partial charge < -0.3 is 19.9 Å². The van der Waals surface area contributed by atoms with E-state index in [4.69, 9.17) is 26.0 Å². The summed E-state index contributed by atoms with van der Waals surface area (Å²) < 4.78 is 25.2. The van der Waals surface area contributed by atoms with Crippen LogP contribution in [0.1, 0.15) is 41.9 Å². The highest BCUT2D eigenvalue weighted by Crippen LogP contribution is 2.35. The molecule has 0 saturated carbocycles. The number of aromatic nitrogens is 1. The molecule has 0 radical (unpaired) electrons. The number of carbonyl (C=O) groups excluding carboxylic acids is 1. The summed E-state index contributed by atoms with van der Waals surface area (Å²) in [6.45, 7) is 3.72. The van der Waals surface area contributed by atoms with Gasteiger partial charge in [-0.3, -0.25) is 14.7 Å². The smallest absolute Gasteiger partial charge is 0.338 e. The van der Waals surface area contributed by atoms with E-state index >= 15 is 0 Å². The predicted octanol–water partition coefficient (Wildman–Crippen LogP) is 2.74. The highest BCUT2D eigenvalue weighted by atomic mass is 32.1. The minimum atomic E-state index is -0.877. The number of nitrogens with zero attached hydrogens (tertiary/aromatic N) is 3. The number of carboxylic acids is 1. The number of esters is 1. The molecule has 2 aliphatic rings. The molecule has 1 aromatic carbocycles. The maximum Gasteiger partial charge on any atom is 0.338 e. The number of halogens is 1. The molecule has 1 aromatic heterocycles. The van der Waals surface area contributed by atoms with Gasteiger partial charge in [-0.1, -0.05) is 12.0 Å². The van der Waals surface area contributed by atoms with Gasteiger partial charge in [-0.15, -0.1) is 17.8 Å². The molecule has 0 amide bonds. The van der Waals surface area contributed by atoms with Gasteiger partial charge >= 0.3 is 11.9 Å². The van der Waals surface area contributed by atoms with Crippen molar-refractivity contribution in [2.24, 2.45) is 4.99 Å². The monoisotopic (exact) mass is 526 g/mol. The Kier molecular flexibility index (Phi) is 8.66. The summed E-state index contributed by atoms with van der Waals surface area (Å²) in [6, 6.07) is 3.23. The Morgan fingerprint density at radius 1 is 1.43 bits per heavy atom. The van der Waals surface area contributed by atoms with Crippen LogP contribution in [0.4, 0.5) is 4.39 Å². The second kappa shape index (κ2) is 12.1. The third kappa shape index (κ3) is 6.40. The summed E-state index contributed by atoms with van der Waals surface area (Å²) in [6.07, 6.45) is 7.51. The summed E-state index contributed by atoms with van der Waals surface area (Å²) in [5.41, 5.74) is 1.63. The van der Waals surface area contributed by atoms with Crippen LogP contribution in [0.5, 0.6) is 0 Å². The van der Waals surface area contributed by atoms with Crippen LogP contribution in [0.25, 0.3) is 0 Å². The first kappa shape index (κ1) is 26.5. The molecular formula is C26H27FN4O5S. The van der Waals surface area contributed by atoms with Gasteiger partial charge in [-0.2, -0.15) is 0 Å².